The topological polar surface area (TPSA) is 46.4 Å². The van der Waals surface area contributed by atoms with Crippen molar-refractivity contribution < 1.29 is 4.79 Å². The number of nitrogens with zero attached hydrogens (tertiary/aromatic N) is 2. The van der Waals surface area contributed by atoms with Crippen LogP contribution in [0.2, 0.25) is 0 Å². The second-order valence-corrected chi connectivity index (χ2v) is 4.49. The Morgan fingerprint density at radius 3 is 2.65 bits per heavy atom. The van der Waals surface area contributed by atoms with Gasteiger partial charge in [-0.3, -0.25) is 4.79 Å². The predicted octanol–water partition coefficient (Wildman–Crippen LogP) is 1.15. The summed E-state index contributed by atoms with van der Waals surface area (Å²) in [6, 6.07) is 11.1. The average Bonchev–Trinajstić information content (AvgIpc) is 2.89. The minimum atomic E-state index is -0.0982. The molecule has 2 heterocycles. The number of amides is 1. The summed E-state index contributed by atoms with van der Waals surface area (Å²) in [7, 11) is 7.42. The zero-order valence-electron chi connectivity index (χ0n) is 11.0. The Hall–Kier alpha value is -2.56. The normalized spacial score (nSPS) is 10.7. The first-order chi connectivity index (χ1) is 9.69. The molecule has 0 bridgehead atoms. The third-order valence-electron chi connectivity index (χ3n) is 3.20. The summed E-state index contributed by atoms with van der Waals surface area (Å²) >= 11 is 0. The number of nitrogens with one attached hydrogen (secondary N) is 1. The molecule has 3 aromatic rings. The highest BCUT2D eigenvalue weighted by Crippen LogP contribution is 2.20. The molecular formula is C15H12BN3O. The Kier molecular flexibility index (Phi) is 3.02. The van der Waals surface area contributed by atoms with Crippen LogP contribution in [-0.2, 0) is 0 Å². The third-order valence-corrected chi connectivity index (χ3v) is 3.20. The van der Waals surface area contributed by atoms with E-state index in [0.29, 0.717) is 11.0 Å². The summed E-state index contributed by atoms with van der Waals surface area (Å²) in [6.07, 6.45) is 3.63. The van der Waals surface area contributed by atoms with Gasteiger partial charge in [0, 0.05) is 24.4 Å². The fourth-order valence-electron chi connectivity index (χ4n) is 2.15. The number of rotatable bonds is 2. The number of benzene rings is 1. The highest BCUT2D eigenvalue weighted by Gasteiger charge is 2.07. The lowest BCUT2D eigenvalue weighted by molar-refractivity contribution is 0.0963. The highest BCUT2D eigenvalue weighted by molar-refractivity contribution is 6.32. The molecule has 0 fully saturated rings. The van der Waals surface area contributed by atoms with E-state index in [-0.39, 0.29) is 5.91 Å². The van der Waals surface area contributed by atoms with Crippen LogP contribution < -0.4 is 10.8 Å². The van der Waals surface area contributed by atoms with Crippen LogP contribution in [0.25, 0.3) is 16.9 Å². The molecule has 1 amide bonds. The number of hydrogen-bond donors (Lipinski definition) is 1. The van der Waals surface area contributed by atoms with E-state index in [2.05, 4.69) is 10.3 Å². The lowest BCUT2D eigenvalue weighted by Crippen LogP contribution is -2.17. The van der Waals surface area contributed by atoms with Crippen LogP contribution in [0, 0.1) is 0 Å². The van der Waals surface area contributed by atoms with Crippen molar-refractivity contribution in [1.29, 1.82) is 0 Å². The Balaban J connectivity index is 2.07. The maximum atomic E-state index is 11.5. The van der Waals surface area contributed by atoms with Crippen molar-refractivity contribution >= 4 is 24.9 Å². The maximum Gasteiger partial charge on any atom is 0.251 e. The molecule has 1 N–H and O–H groups in total. The Morgan fingerprint density at radius 1 is 1.20 bits per heavy atom. The molecular weight excluding hydrogens is 249 g/mol. The molecule has 20 heavy (non-hydrogen) atoms. The molecule has 2 aromatic heterocycles. The van der Waals surface area contributed by atoms with Crippen molar-refractivity contribution in [3.05, 3.63) is 54.4 Å². The predicted molar refractivity (Wildman–Crippen MR) is 79.4 cm³/mol. The van der Waals surface area contributed by atoms with Crippen molar-refractivity contribution in [2.24, 2.45) is 0 Å². The number of aromatic nitrogens is 2. The number of carbonyl (C=O) groups is 1. The highest BCUT2D eigenvalue weighted by atomic mass is 16.1. The second kappa shape index (κ2) is 4.85. The third kappa shape index (κ3) is 2.07. The van der Waals surface area contributed by atoms with Gasteiger partial charge in [-0.25, -0.2) is 4.98 Å². The first kappa shape index (κ1) is 12.5. The van der Waals surface area contributed by atoms with Crippen molar-refractivity contribution in [3.8, 4) is 11.3 Å². The Morgan fingerprint density at radius 2 is 1.95 bits per heavy atom. The smallest absolute Gasteiger partial charge is 0.251 e. The maximum absolute atomic E-state index is 11.5. The zero-order chi connectivity index (χ0) is 14.1. The molecule has 0 aliphatic rings. The van der Waals surface area contributed by atoms with Crippen LogP contribution >= 0.6 is 0 Å². The molecule has 3 rings (SSSR count). The minimum absolute atomic E-state index is 0.0982. The number of imidazole rings is 1. The van der Waals surface area contributed by atoms with E-state index >= 15 is 0 Å². The summed E-state index contributed by atoms with van der Waals surface area (Å²) < 4.78 is 1.93. The molecule has 0 atom stereocenters. The van der Waals surface area contributed by atoms with Gasteiger partial charge in [0.25, 0.3) is 5.91 Å². The number of pyridine rings is 1. The van der Waals surface area contributed by atoms with E-state index in [1.807, 2.05) is 34.9 Å². The average molecular weight is 261 g/mol. The number of hydrogen-bond acceptors (Lipinski definition) is 2. The van der Waals surface area contributed by atoms with Crippen molar-refractivity contribution in [2.75, 3.05) is 7.05 Å². The minimum Gasteiger partial charge on any atom is -0.355 e. The largest absolute Gasteiger partial charge is 0.355 e. The van der Waals surface area contributed by atoms with Gasteiger partial charge in [-0.05, 0) is 18.2 Å². The van der Waals surface area contributed by atoms with E-state index in [1.165, 1.54) is 0 Å². The van der Waals surface area contributed by atoms with E-state index in [4.69, 9.17) is 7.85 Å². The second-order valence-electron chi connectivity index (χ2n) is 4.49. The molecule has 1 aromatic carbocycles. The van der Waals surface area contributed by atoms with Gasteiger partial charge in [-0.1, -0.05) is 23.7 Å². The van der Waals surface area contributed by atoms with Gasteiger partial charge in [0.1, 0.15) is 13.5 Å². The van der Waals surface area contributed by atoms with Crippen LogP contribution in [0.4, 0.5) is 0 Å². The first-order valence-electron chi connectivity index (χ1n) is 6.24. The van der Waals surface area contributed by atoms with Crippen molar-refractivity contribution in [2.45, 2.75) is 0 Å². The van der Waals surface area contributed by atoms with Gasteiger partial charge in [0.2, 0.25) is 0 Å². The fourth-order valence-corrected chi connectivity index (χ4v) is 2.15. The van der Waals surface area contributed by atoms with Crippen LogP contribution in [0.1, 0.15) is 10.4 Å². The van der Waals surface area contributed by atoms with Crippen LogP contribution in [0.15, 0.2) is 48.8 Å². The van der Waals surface area contributed by atoms with E-state index < -0.39 is 0 Å². The summed E-state index contributed by atoms with van der Waals surface area (Å²) in [5.41, 5.74) is 4.07. The molecule has 0 spiro atoms. The van der Waals surface area contributed by atoms with E-state index in [9.17, 15) is 4.79 Å². The molecule has 0 saturated heterocycles. The van der Waals surface area contributed by atoms with Gasteiger partial charge >= 0.3 is 0 Å². The summed E-state index contributed by atoms with van der Waals surface area (Å²) in [4.78, 5) is 15.9. The van der Waals surface area contributed by atoms with Gasteiger partial charge in [-0.2, -0.15) is 0 Å². The SMILES string of the molecule is [B]c1ccc2ncc(-c3ccc(C(=O)NC)cc3)n2c1. The van der Waals surface area contributed by atoms with Gasteiger partial charge in [-0.15, -0.1) is 0 Å². The van der Waals surface area contributed by atoms with Crippen LogP contribution in [-0.4, -0.2) is 30.2 Å². The summed E-state index contributed by atoms with van der Waals surface area (Å²) in [5, 5.41) is 2.60. The lowest BCUT2D eigenvalue weighted by Gasteiger charge is -2.05. The van der Waals surface area contributed by atoms with Gasteiger partial charge in [0.15, 0.2) is 0 Å². The van der Waals surface area contributed by atoms with Crippen molar-refractivity contribution in [3.63, 3.8) is 0 Å². The number of carbonyl (C=O) groups excluding carboxylic acids is 1. The molecule has 4 nitrogen and oxygen atoms in total. The molecule has 96 valence electrons. The fraction of sp³-hybridized carbons (Fsp3) is 0.0667. The molecule has 2 radical (unpaired) electrons. The van der Waals surface area contributed by atoms with E-state index in [0.717, 1.165) is 16.9 Å². The molecule has 0 unspecified atom stereocenters. The standard InChI is InChI=1S/C15H12BN3O/c1-17-15(20)11-4-2-10(3-5-11)13-8-18-14-7-6-12(16)9-19(13)14/h2-9H,1H3,(H,17,20). The lowest BCUT2D eigenvalue weighted by atomic mass is 9.99. The zero-order valence-corrected chi connectivity index (χ0v) is 11.0. The first-order valence-corrected chi connectivity index (χ1v) is 6.24. The monoisotopic (exact) mass is 261 g/mol. The van der Waals surface area contributed by atoms with Gasteiger partial charge in [0.05, 0.1) is 11.9 Å². The quantitative estimate of drug-likeness (QED) is 0.703. The Labute approximate surface area is 117 Å². The van der Waals surface area contributed by atoms with Crippen LogP contribution in [0.3, 0.4) is 0 Å². The van der Waals surface area contributed by atoms with Crippen molar-refractivity contribution in [1.82, 2.24) is 14.7 Å². The molecule has 0 aliphatic heterocycles. The van der Waals surface area contributed by atoms with E-state index in [1.54, 1.807) is 25.4 Å². The van der Waals surface area contributed by atoms with Crippen LogP contribution in [0.5, 0.6) is 0 Å². The molecule has 0 aliphatic carbocycles. The number of fused-ring (bicyclic) bond motifs is 1. The molecule has 5 heteroatoms. The Bertz CT molecular complexity index is 777. The molecule has 0 saturated carbocycles. The van der Waals surface area contributed by atoms with Gasteiger partial charge < -0.3 is 9.72 Å². The summed E-state index contributed by atoms with van der Waals surface area (Å²) in [5.74, 6) is -0.0982. The summed E-state index contributed by atoms with van der Waals surface area (Å²) in [6.45, 7) is 0.